The molecule has 2 aromatic rings. The zero-order valence-corrected chi connectivity index (χ0v) is 13.2. The van der Waals surface area contributed by atoms with Crippen LogP contribution in [0.25, 0.3) is 10.9 Å². The van der Waals surface area contributed by atoms with E-state index in [-0.39, 0.29) is 0 Å². The first kappa shape index (κ1) is 14.5. The highest BCUT2D eigenvalue weighted by Crippen LogP contribution is 2.37. The number of rotatable bonds is 4. The zero-order chi connectivity index (χ0) is 14.7. The maximum absolute atomic E-state index is 4.65. The van der Waals surface area contributed by atoms with Gasteiger partial charge >= 0.3 is 0 Å². The molecule has 1 heterocycles. The lowest BCUT2D eigenvalue weighted by molar-refractivity contribution is 0.233. The molecular formula is C19H26N2. The molecular weight excluding hydrogens is 256 g/mol. The fourth-order valence-electron chi connectivity index (χ4n) is 3.65. The number of hydrogen-bond donors (Lipinski definition) is 1. The van der Waals surface area contributed by atoms with Crippen molar-refractivity contribution in [1.82, 2.24) is 10.3 Å². The van der Waals surface area contributed by atoms with E-state index in [2.05, 4.69) is 60.7 Å². The minimum Gasteiger partial charge on any atom is -0.310 e. The summed E-state index contributed by atoms with van der Waals surface area (Å²) >= 11 is 0. The fourth-order valence-corrected chi connectivity index (χ4v) is 3.65. The van der Waals surface area contributed by atoms with Crippen LogP contribution < -0.4 is 5.32 Å². The maximum Gasteiger partial charge on any atom is 0.0702 e. The smallest absolute Gasteiger partial charge is 0.0702 e. The van der Waals surface area contributed by atoms with Gasteiger partial charge in [-0.2, -0.15) is 0 Å². The minimum atomic E-state index is 0.458. The summed E-state index contributed by atoms with van der Waals surface area (Å²) in [6, 6.07) is 11.2. The predicted octanol–water partition coefficient (Wildman–Crippen LogP) is 4.71. The first-order chi connectivity index (χ1) is 10.3. The van der Waals surface area contributed by atoms with E-state index in [1.165, 1.54) is 36.6 Å². The number of para-hydroxylation sites is 1. The van der Waals surface area contributed by atoms with Crippen molar-refractivity contribution in [3.63, 3.8) is 0 Å². The Labute approximate surface area is 128 Å². The zero-order valence-electron chi connectivity index (χ0n) is 13.2. The van der Waals surface area contributed by atoms with Gasteiger partial charge in [-0.15, -0.1) is 0 Å². The summed E-state index contributed by atoms with van der Waals surface area (Å²) in [5.74, 6) is 1.65. The second-order valence-corrected chi connectivity index (χ2v) is 6.52. The van der Waals surface area contributed by atoms with Crippen molar-refractivity contribution in [3.05, 3.63) is 42.1 Å². The number of hydrogen-bond acceptors (Lipinski definition) is 2. The van der Waals surface area contributed by atoms with Crippen LogP contribution in [-0.4, -0.2) is 11.5 Å². The minimum absolute atomic E-state index is 0.458. The summed E-state index contributed by atoms with van der Waals surface area (Å²) in [4.78, 5) is 4.65. The van der Waals surface area contributed by atoms with Crippen molar-refractivity contribution in [3.8, 4) is 0 Å². The molecule has 112 valence electrons. The quantitative estimate of drug-likeness (QED) is 0.878. The number of pyridine rings is 1. The van der Waals surface area contributed by atoms with Gasteiger partial charge in [0.15, 0.2) is 0 Å². The molecule has 1 atom stereocenters. The van der Waals surface area contributed by atoms with Crippen molar-refractivity contribution in [2.75, 3.05) is 6.54 Å². The SMILES string of the molecule is CCNC(c1cnc2ccccc2c1)C1CCC(C)CC1. The molecule has 21 heavy (non-hydrogen) atoms. The van der Waals surface area contributed by atoms with Crippen LogP contribution in [0, 0.1) is 11.8 Å². The van der Waals surface area contributed by atoms with E-state index in [0.717, 1.165) is 23.9 Å². The van der Waals surface area contributed by atoms with Gasteiger partial charge in [-0.3, -0.25) is 4.98 Å². The number of benzene rings is 1. The Morgan fingerprint density at radius 3 is 2.71 bits per heavy atom. The highest BCUT2D eigenvalue weighted by molar-refractivity contribution is 5.78. The topological polar surface area (TPSA) is 24.9 Å². The molecule has 3 rings (SSSR count). The molecule has 0 aliphatic heterocycles. The first-order valence-corrected chi connectivity index (χ1v) is 8.36. The largest absolute Gasteiger partial charge is 0.310 e. The first-order valence-electron chi connectivity index (χ1n) is 8.36. The lowest BCUT2D eigenvalue weighted by Gasteiger charge is -2.33. The predicted molar refractivity (Wildman–Crippen MR) is 89.3 cm³/mol. The van der Waals surface area contributed by atoms with E-state index < -0.39 is 0 Å². The molecule has 1 aromatic carbocycles. The summed E-state index contributed by atoms with van der Waals surface area (Å²) in [6.45, 7) is 5.60. The van der Waals surface area contributed by atoms with Crippen LogP contribution in [0.5, 0.6) is 0 Å². The third kappa shape index (κ3) is 3.26. The standard InChI is InChI=1S/C19H26N2/c1-3-20-19(15-10-8-14(2)9-11-15)17-12-16-6-4-5-7-18(16)21-13-17/h4-7,12-15,19-20H,3,8-11H2,1-2H3. The van der Waals surface area contributed by atoms with Gasteiger partial charge in [0.2, 0.25) is 0 Å². The van der Waals surface area contributed by atoms with Crippen LogP contribution in [0.4, 0.5) is 0 Å². The summed E-state index contributed by atoms with van der Waals surface area (Å²) < 4.78 is 0. The summed E-state index contributed by atoms with van der Waals surface area (Å²) in [7, 11) is 0. The number of nitrogens with one attached hydrogen (secondary N) is 1. The highest BCUT2D eigenvalue weighted by Gasteiger charge is 2.27. The molecule has 2 nitrogen and oxygen atoms in total. The lowest BCUT2D eigenvalue weighted by atomic mass is 9.77. The monoisotopic (exact) mass is 282 g/mol. The second kappa shape index (κ2) is 6.57. The summed E-state index contributed by atoms with van der Waals surface area (Å²) in [5, 5.41) is 4.96. The van der Waals surface area contributed by atoms with Gasteiger partial charge in [0.25, 0.3) is 0 Å². The van der Waals surface area contributed by atoms with Gasteiger partial charge < -0.3 is 5.32 Å². The Balaban J connectivity index is 1.87. The van der Waals surface area contributed by atoms with E-state index in [4.69, 9.17) is 0 Å². The van der Waals surface area contributed by atoms with Gasteiger partial charge in [-0.05, 0) is 48.9 Å². The van der Waals surface area contributed by atoms with Crippen LogP contribution in [0.3, 0.4) is 0 Å². The van der Waals surface area contributed by atoms with Crippen LogP contribution in [-0.2, 0) is 0 Å². The van der Waals surface area contributed by atoms with Crippen molar-refractivity contribution in [2.24, 2.45) is 11.8 Å². The molecule has 1 N–H and O–H groups in total. The molecule has 1 fully saturated rings. The average molecular weight is 282 g/mol. The van der Waals surface area contributed by atoms with Gasteiger partial charge in [0, 0.05) is 17.6 Å². The van der Waals surface area contributed by atoms with Crippen molar-refractivity contribution in [2.45, 2.75) is 45.6 Å². The van der Waals surface area contributed by atoms with Crippen LogP contribution >= 0.6 is 0 Å². The van der Waals surface area contributed by atoms with Gasteiger partial charge in [0.05, 0.1) is 5.52 Å². The van der Waals surface area contributed by atoms with E-state index in [9.17, 15) is 0 Å². The van der Waals surface area contributed by atoms with Crippen molar-refractivity contribution >= 4 is 10.9 Å². The molecule has 1 aliphatic carbocycles. The molecule has 1 aliphatic rings. The molecule has 1 aromatic heterocycles. The Bertz CT molecular complexity index is 585. The van der Waals surface area contributed by atoms with E-state index >= 15 is 0 Å². The molecule has 2 heteroatoms. The molecule has 0 saturated heterocycles. The molecule has 0 amide bonds. The third-order valence-electron chi connectivity index (χ3n) is 4.93. The molecule has 0 spiro atoms. The summed E-state index contributed by atoms with van der Waals surface area (Å²) in [6.07, 6.45) is 7.49. The van der Waals surface area contributed by atoms with Crippen LogP contribution in [0.2, 0.25) is 0 Å². The van der Waals surface area contributed by atoms with Crippen LogP contribution in [0.15, 0.2) is 36.5 Å². The number of fused-ring (bicyclic) bond motifs is 1. The molecule has 1 unspecified atom stereocenters. The van der Waals surface area contributed by atoms with Gasteiger partial charge in [-0.25, -0.2) is 0 Å². The van der Waals surface area contributed by atoms with Crippen molar-refractivity contribution in [1.29, 1.82) is 0 Å². The Morgan fingerprint density at radius 1 is 1.19 bits per heavy atom. The molecule has 1 saturated carbocycles. The Morgan fingerprint density at radius 2 is 1.95 bits per heavy atom. The maximum atomic E-state index is 4.65. The number of aromatic nitrogens is 1. The normalized spacial score (nSPS) is 24.1. The van der Waals surface area contributed by atoms with E-state index in [0.29, 0.717) is 6.04 Å². The molecule has 0 bridgehead atoms. The fraction of sp³-hybridized carbons (Fsp3) is 0.526. The van der Waals surface area contributed by atoms with Gasteiger partial charge in [-0.1, -0.05) is 44.9 Å². The lowest BCUT2D eigenvalue weighted by Crippen LogP contribution is -2.30. The average Bonchev–Trinajstić information content (AvgIpc) is 2.53. The van der Waals surface area contributed by atoms with Crippen molar-refractivity contribution < 1.29 is 0 Å². The van der Waals surface area contributed by atoms with E-state index in [1.54, 1.807) is 0 Å². The third-order valence-corrected chi connectivity index (χ3v) is 4.93. The molecule has 0 radical (unpaired) electrons. The second-order valence-electron chi connectivity index (χ2n) is 6.52. The van der Waals surface area contributed by atoms with Crippen LogP contribution in [0.1, 0.15) is 51.1 Å². The number of nitrogens with zero attached hydrogens (tertiary/aromatic N) is 1. The Hall–Kier alpha value is -1.41. The van der Waals surface area contributed by atoms with Gasteiger partial charge in [0.1, 0.15) is 0 Å². The summed E-state index contributed by atoms with van der Waals surface area (Å²) in [5.41, 5.74) is 2.45. The highest BCUT2D eigenvalue weighted by atomic mass is 14.9. The van der Waals surface area contributed by atoms with E-state index in [1.807, 2.05) is 0 Å². The Kier molecular flexibility index (Phi) is 4.54.